The van der Waals surface area contributed by atoms with Gasteiger partial charge in [0.1, 0.15) is 0 Å². The maximum absolute atomic E-state index is 11.4. The van der Waals surface area contributed by atoms with Crippen LogP contribution in [0.4, 0.5) is 5.69 Å². The average Bonchev–Trinajstić information content (AvgIpc) is 2.04. The summed E-state index contributed by atoms with van der Waals surface area (Å²) in [6.45, 7) is 2.06. The van der Waals surface area contributed by atoms with Crippen molar-refractivity contribution in [2.24, 2.45) is 0 Å². The maximum atomic E-state index is 11.4. The molecule has 1 radical (unpaired) electrons. The Hall–Kier alpha value is -1.07. The fraction of sp³-hybridized carbons (Fsp3) is 0.250. The van der Waals surface area contributed by atoms with Crippen LogP contribution in [0.2, 0.25) is 0 Å². The Morgan fingerprint density at radius 1 is 1.46 bits per heavy atom. The Labute approximate surface area is 77.8 Å². The number of rotatable bonds is 3. The number of benzene rings is 1. The molecule has 2 N–H and O–H groups in total. The summed E-state index contributed by atoms with van der Waals surface area (Å²) in [5.41, 5.74) is 7.45. The Bertz CT molecular complexity index is 387. The maximum Gasteiger partial charge on any atom is 0.240 e. The van der Waals surface area contributed by atoms with Gasteiger partial charge in [-0.25, -0.2) is 13.1 Å². The summed E-state index contributed by atoms with van der Waals surface area (Å²) in [6.07, 6.45) is 0. The van der Waals surface area contributed by atoms with Crippen LogP contribution in [0.1, 0.15) is 6.92 Å². The topological polar surface area (TPSA) is 70.0 Å². The first-order valence-corrected chi connectivity index (χ1v) is 5.36. The minimum Gasteiger partial charge on any atom is -0.301 e. The molecule has 0 bridgehead atoms. The fourth-order valence-electron chi connectivity index (χ4n) is 0.937. The lowest BCUT2D eigenvalue weighted by atomic mass is 10.3. The molecular formula is C8H11N2O2S. The highest BCUT2D eigenvalue weighted by atomic mass is 32.2. The van der Waals surface area contributed by atoms with Crippen molar-refractivity contribution in [2.45, 2.75) is 11.8 Å². The van der Waals surface area contributed by atoms with Crippen LogP contribution in [0.25, 0.3) is 0 Å². The van der Waals surface area contributed by atoms with Crippen molar-refractivity contribution >= 4 is 15.7 Å². The van der Waals surface area contributed by atoms with Gasteiger partial charge < -0.3 is 5.73 Å². The number of hydrogen-bond acceptors (Lipinski definition) is 2. The zero-order valence-corrected chi connectivity index (χ0v) is 8.06. The Balaban J connectivity index is 3.08. The smallest absolute Gasteiger partial charge is 0.240 e. The highest BCUT2D eigenvalue weighted by Crippen LogP contribution is 2.12. The molecule has 5 heteroatoms. The van der Waals surface area contributed by atoms with Crippen LogP contribution < -0.4 is 10.5 Å². The van der Waals surface area contributed by atoms with E-state index in [4.69, 9.17) is 5.73 Å². The summed E-state index contributed by atoms with van der Waals surface area (Å²) in [4.78, 5) is 0.141. The van der Waals surface area contributed by atoms with Crippen LogP contribution in [-0.4, -0.2) is 15.0 Å². The van der Waals surface area contributed by atoms with Gasteiger partial charge >= 0.3 is 0 Å². The minimum atomic E-state index is -3.40. The third-order valence-corrected chi connectivity index (χ3v) is 3.02. The molecule has 0 aliphatic heterocycles. The van der Waals surface area contributed by atoms with E-state index in [1.165, 1.54) is 18.2 Å². The normalized spacial score (nSPS) is 11.5. The van der Waals surface area contributed by atoms with E-state index in [2.05, 4.69) is 4.72 Å². The van der Waals surface area contributed by atoms with E-state index in [1.54, 1.807) is 13.0 Å². The minimum absolute atomic E-state index is 0.141. The molecule has 0 spiro atoms. The molecule has 0 atom stereocenters. The molecule has 0 unspecified atom stereocenters. The van der Waals surface area contributed by atoms with Crippen molar-refractivity contribution in [3.05, 3.63) is 24.3 Å². The Morgan fingerprint density at radius 2 is 2.15 bits per heavy atom. The largest absolute Gasteiger partial charge is 0.301 e. The van der Waals surface area contributed by atoms with E-state index >= 15 is 0 Å². The number of hydrogen-bond donors (Lipinski definition) is 1. The zero-order valence-electron chi connectivity index (χ0n) is 7.24. The first-order chi connectivity index (χ1) is 6.06. The molecule has 0 amide bonds. The summed E-state index contributed by atoms with van der Waals surface area (Å²) >= 11 is 0. The molecule has 13 heavy (non-hydrogen) atoms. The van der Waals surface area contributed by atoms with E-state index in [0.29, 0.717) is 6.54 Å². The molecule has 4 nitrogen and oxygen atoms in total. The second-order valence-electron chi connectivity index (χ2n) is 2.53. The lowest BCUT2D eigenvalue weighted by Crippen LogP contribution is -2.22. The molecule has 1 aromatic carbocycles. The van der Waals surface area contributed by atoms with Gasteiger partial charge in [-0.15, -0.1) is 0 Å². The predicted molar refractivity (Wildman–Crippen MR) is 50.1 cm³/mol. The number of sulfonamides is 1. The summed E-state index contributed by atoms with van der Waals surface area (Å²) in [6, 6.07) is 5.87. The van der Waals surface area contributed by atoms with Crippen molar-refractivity contribution in [3.8, 4) is 0 Å². The van der Waals surface area contributed by atoms with E-state index in [-0.39, 0.29) is 10.6 Å². The van der Waals surface area contributed by atoms with Crippen molar-refractivity contribution in [1.82, 2.24) is 10.5 Å². The van der Waals surface area contributed by atoms with Crippen LogP contribution in [-0.2, 0) is 10.0 Å². The Kier molecular flexibility index (Phi) is 2.90. The molecule has 0 saturated carbocycles. The van der Waals surface area contributed by atoms with Gasteiger partial charge in [0.25, 0.3) is 0 Å². The quantitative estimate of drug-likeness (QED) is 0.785. The highest BCUT2D eigenvalue weighted by Gasteiger charge is 2.11. The van der Waals surface area contributed by atoms with Gasteiger partial charge in [-0.05, 0) is 18.2 Å². The molecule has 0 aliphatic carbocycles. The first kappa shape index (κ1) is 10.0. The molecule has 0 aromatic heterocycles. The molecule has 0 aliphatic rings. The Morgan fingerprint density at radius 3 is 2.69 bits per heavy atom. The number of nitrogens with one attached hydrogen (secondary N) is 2. The van der Waals surface area contributed by atoms with Gasteiger partial charge in [0.15, 0.2) is 0 Å². The predicted octanol–water partition coefficient (Wildman–Crippen LogP) is 0.899. The lowest BCUT2D eigenvalue weighted by molar-refractivity contribution is 0.584. The van der Waals surface area contributed by atoms with Crippen molar-refractivity contribution in [3.63, 3.8) is 0 Å². The third kappa shape index (κ3) is 2.43. The van der Waals surface area contributed by atoms with E-state index in [1.807, 2.05) is 0 Å². The summed E-state index contributed by atoms with van der Waals surface area (Å²) < 4.78 is 25.1. The van der Waals surface area contributed by atoms with Crippen molar-refractivity contribution in [1.29, 1.82) is 0 Å². The van der Waals surface area contributed by atoms with Crippen molar-refractivity contribution < 1.29 is 8.42 Å². The first-order valence-electron chi connectivity index (χ1n) is 3.87. The monoisotopic (exact) mass is 199 g/mol. The van der Waals surface area contributed by atoms with Gasteiger partial charge in [-0.1, -0.05) is 13.0 Å². The molecule has 1 rings (SSSR count). The van der Waals surface area contributed by atoms with Crippen molar-refractivity contribution in [2.75, 3.05) is 6.54 Å². The van der Waals surface area contributed by atoms with E-state index in [9.17, 15) is 8.42 Å². The molecular weight excluding hydrogens is 188 g/mol. The van der Waals surface area contributed by atoms with Gasteiger partial charge in [0, 0.05) is 6.54 Å². The summed E-state index contributed by atoms with van der Waals surface area (Å²) in [7, 11) is -3.40. The highest BCUT2D eigenvalue weighted by molar-refractivity contribution is 7.89. The van der Waals surface area contributed by atoms with Crippen LogP contribution in [0.15, 0.2) is 29.2 Å². The van der Waals surface area contributed by atoms with Gasteiger partial charge in [-0.2, -0.15) is 0 Å². The second-order valence-corrected chi connectivity index (χ2v) is 4.30. The van der Waals surface area contributed by atoms with E-state index in [0.717, 1.165) is 0 Å². The van der Waals surface area contributed by atoms with Crippen LogP contribution >= 0.6 is 0 Å². The zero-order chi connectivity index (χ0) is 9.90. The molecule has 1 aromatic rings. The summed E-state index contributed by atoms with van der Waals surface area (Å²) in [5, 5.41) is 0. The molecule has 71 valence electrons. The van der Waals surface area contributed by atoms with Crippen LogP contribution in [0.3, 0.4) is 0 Å². The second kappa shape index (κ2) is 3.76. The summed E-state index contributed by atoms with van der Waals surface area (Å²) in [5.74, 6) is 0. The van der Waals surface area contributed by atoms with Gasteiger partial charge in [0.2, 0.25) is 10.0 Å². The molecule has 0 fully saturated rings. The lowest BCUT2D eigenvalue weighted by Gasteiger charge is -2.03. The van der Waals surface area contributed by atoms with Crippen LogP contribution in [0.5, 0.6) is 0 Å². The van der Waals surface area contributed by atoms with Gasteiger partial charge in [0.05, 0.1) is 10.6 Å². The molecule has 0 saturated heterocycles. The van der Waals surface area contributed by atoms with Crippen LogP contribution in [0, 0.1) is 0 Å². The van der Waals surface area contributed by atoms with E-state index < -0.39 is 10.0 Å². The third-order valence-electron chi connectivity index (χ3n) is 1.48. The standard InChI is InChI=1S/C8H11N2O2S/c1-2-10-13(11,12)8-5-3-4-7(9)6-8/h3-6,9-10H,2H2,1H3. The fourth-order valence-corrected chi connectivity index (χ4v) is 2.02. The average molecular weight is 199 g/mol. The molecule has 0 heterocycles. The SMILES string of the molecule is CCNS(=O)(=O)c1cccc([NH])c1. The van der Waals surface area contributed by atoms with Gasteiger partial charge in [-0.3, -0.25) is 0 Å².